The van der Waals surface area contributed by atoms with Crippen LogP contribution in [0.15, 0.2) is 42.6 Å². The van der Waals surface area contributed by atoms with Crippen LogP contribution in [0.4, 0.5) is 10.5 Å². The summed E-state index contributed by atoms with van der Waals surface area (Å²) in [5.41, 5.74) is 1.66. The smallest absolute Gasteiger partial charge is 0.319 e. The van der Waals surface area contributed by atoms with Gasteiger partial charge in [-0.3, -0.25) is 0 Å². The van der Waals surface area contributed by atoms with E-state index in [1.165, 1.54) is 0 Å². The van der Waals surface area contributed by atoms with E-state index in [4.69, 9.17) is 14.2 Å². The number of rotatable bonds is 10. The Kier molecular flexibility index (Phi) is 8.51. The summed E-state index contributed by atoms with van der Waals surface area (Å²) in [6, 6.07) is 10.9. The number of carbonyl (C=O) groups is 1. The van der Waals surface area contributed by atoms with E-state index in [9.17, 15) is 4.79 Å². The largest absolute Gasteiger partial charge is 0.497 e. The summed E-state index contributed by atoms with van der Waals surface area (Å²) in [7, 11) is 7.18. The number of amides is 2. The van der Waals surface area contributed by atoms with Crippen LogP contribution >= 0.6 is 0 Å². The van der Waals surface area contributed by atoms with Crippen LogP contribution in [0, 0.1) is 0 Å². The van der Waals surface area contributed by atoms with Gasteiger partial charge in [0.15, 0.2) is 0 Å². The van der Waals surface area contributed by atoms with Gasteiger partial charge >= 0.3 is 6.03 Å². The number of urea groups is 1. The molecule has 0 spiro atoms. The van der Waals surface area contributed by atoms with Crippen LogP contribution in [0.25, 0.3) is 0 Å². The molecule has 0 bridgehead atoms. The van der Waals surface area contributed by atoms with Gasteiger partial charge < -0.3 is 29.7 Å². The van der Waals surface area contributed by atoms with E-state index in [0.29, 0.717) is 31.3 Å². The average molecular weight is 388 g/mol. The Hall–Kier alpha value is -2.84. The van der Waals surface area contributed by atoms with Gasteiger partial charge in [0, 0.05) is 31.6 Å². The first kappa shape index (κ1) is 21.5. The third-order valence-electron chi connectivity index (χ3n) is 4.09. The fourth-order valence-corrected chi connectivity index (χ4v) is 2.61. The Balaban J connectivity index is 1.93. The molecule has 0 saturated heterocycles. The zero-order chi connectivity index (χ0) is 20.4. The summed E-state index contributed by atoms with van der Waals surface area (Å²) >= 11 is 0. The van der Waals surface area contributed by atoms with Gasteiger partial charge in [-0.1, -0.05) is 12.1 Å². The van der Waals surface area contributed by atoms with Crippen molar-refractivity contribution in [1.29, 1.82) is 0 Å². The van der Waals surface area contributed by atoms with E-state index in [1.807, 2.05) is 43.3 Å². The quantitative estimate of drug-likeness (QED) is 0.609. The molecule has 0 radical (unpaired) electrons. The van der Waals surface area contributed by atoms with Gasteiger partial charge in [0.2, 0.25) is 5.88 Å². The Labute approximate surface area is 165 Å². The first-order chi connectivity index (χ1) is 13.5. The third kappa shape index (κ3) is 6.71. The monoisotopic (exact) mass is 388 g/mol. The van der Waals surface area contributed by atoms with Crippen LogP contribution in [0.5, 0.6) is 11.6 Å². The average Bonchev–Trinajstić information content (AvgIpc) is 2.68. The molecule has 28 heavy (non-hydrogen) atoms. The van der Waals surface area contributed by atoms with E-state index in [2.05, 4.69) is 15.6 Å². The molecule has 1 heterocycles. The van der Waals surface area contributed by atoms with Crippen LogP contribution in [0.2, 0.25) is 0 Å². The minimum atomic E-state index is -0.302. The number of nitrogens with zero attached hydrogens (tertiary/aromatic N) is 2. The Morgan fingerprint density at radius 2 is 2.00 bits per heavy atom. The highest BCUT2D eigenvalue weighted by Crippen LogP contribution is 2.22. The molecule has 2 amide bonds. The normalized spacial score (nSPS) is 11.8. The van der Waals surface area contributed by atoms with Crippen molar-refractivity contribution in [2.45, 2.75) is 6.04 Å². The molecule has 1 aromatic carbocycles. The van der Waals surface area contributed by atoms with Crippen LogP contribution in [-0.2, 0) is 4.74 Å². The van der Waals surface area contributed by atoms with Crippen molar-refractivity contribution >= 4 is 11.7 Å². The molecule has 1 aromatic heterocycles. The standard InChI is InChI=1S/C20H28N4O4/c1-24(2)18(15-6-5-7-17(12-15)27-4)14-22-20(25)23-16-8-9-21-19(13-16)28-11-10-26-3/h5-9,12-13,18H,10-11,14H2,1-4H3,(H2,21,22,23,25). The second-order valence-electron chi connectivity index (χ2n) is 6.32. The van der Waals surface area contributed by atoms with Gasteiger partial charge in [-0.25, -0.2) is 9.78 Å². The highest BCUT2D eigenvalue weighted by molar-refractivity contribution is 5.89. The third-order valence-corrected chi connectivity index (χ3v) is 4.09. The number of benzene rings is 1. The number of nitrogens with one attached hydrogen (secondary N) is 2. The number of ether oxygens (including phenoxy) is 3. The van der Waals surface area contributed by atoms with Crippen molar-refractivity contribution in [1.82, 2.24) is 15.2 Å². The predicted molar refractivity (Wildman–Crippen MR) is 108 cm³/mol. The molecular formula is C20H28N4O4. The highest BCUT2D eigenvalue weighted by atomic mass is 16.5. The fraction of sp³-hybridized carbons (Fsp3) is 0.400. The molecule has 0 aliphatic carbocycles. The summed E-state index contributed by atoms with van der Waals surface area (Å²) < 4.78 is 15.7. The molecule has 1 atom stereocenters. The number of carbonyl (C=O) groups excluding carboxylic acids is 1. The van der Waals surface area contributed by atoms with Crippen molar-refractivity contribution < 1.29 is 19.0 Å². The second kappa shape index (κ2) is 11.1. The Morgan fingerprint density at radius 1 is 1.18 bits per heavy atom. The lowest BCUT2D eigenvalue weighted by Gasteiger charge is -2.25. The van der Waals surface area contributed by atoms with Crippen molar-refractivity contribution in [3.8, 4) is 11.6 Å². The molecule has 8 nitrogen and oxygen atoms in total. The van der Waals surface area contributed by atoms with Gasteiger partial charge in [-0.05, 0) is 37.9 Å². The van der Waals surface area contributed by atoms with Gasteiger partial charge in [-0.2, -0.15) is 0 Å². The lowest BCUT2D eigenvalue weighted by atomic mass is 10.1. The zero-order valence-electron chi connectivity index (χ0n) is 16.8. The topological polar surface area (TPSA) is 85.0 Å². The lowest BCUT2D eigenvalue weighted by molar-refractivity contribution is 0.144. The molecule has 152 valence electrons. The van der Waals surface area contributed by atoms with Crippen LogP contribution in [-0.4, -0.2) is 64.0 Å². The minimum absolute atomic E-state index is 0.00577. The highest BCUT2D eigenvalue weighted by Gasteiger charge is 2.16. The number of aromatic nitrogens is 1. The lowest BCUT2D eigenvalue weighted by Crippen LogP contribution is -2.36. The summed E-state index contributed by atoms with van der Waals surface area (Å²) in [4.78, 5) is 18.5. The maximum absolute atomic E-state index is 12.3. The molecule has 2 N–H and O–H groups in total. The Bertz CT molecular complexity index is 754. The number of hydrogen-bond acceptors (Lipinski definition) is 6. The van der Waals surface area contributed by atoms with E-state index in [0.717, 1.165) is 11.3 Å². The van der Waals surface area contributed by atoms with E-state index in [-0.39, 0.29) is 12.1 Å². The van der Waals surface area contributed by atoms with Crippen LogP contribution in [0.3, 0.4) is 0 Å². The summed E-state index contributed by atoms with van der Waals surface area (Å²) in [5, 5.41) is 5.70. The van der Waals surface area contributed by atoms with Crippen molar-refractivity contribution in [2.75, 3.05) is 53.4 Å². The maximum atomic E-state index is 12.3. The number of pyridine rings is 1. The zero-order valence-corrected chi connectivity index (χ0v) is 16.8. The molecule has 8 heteroatoms. The molecule has 0 fully saturated rings. The van der Waals surface area contributed by atoms with E-state index in [1.54, 1.807) is 32.5 Å². The first-order valence-corrected chi connectivity index (χ1v) is 8.96. The number of hydrogen-bond donors (Lipinski definition) is 2. The molecule has 0 saturated carbocycles. The summed E-state index contributed by atoms with van der Waals surface area (Å²) in [6.07, 6.45) is 1.58. The summed E-state index contributed by atoms with van der Waals surface area (Å²) in [5.74, 6) is 1.21. The van der Waals surface area contributed by atoms with Gasteiger partial charge in [0.25, 0.3) is 0 Å². The second-order valence-corrected chi connectivity index (χ2v) is 6.32. The maximum Gasteiger partial charge on any atom is 0.319 e. The number of methoxy groups -OCH3 is 2. The first-order valence-electron chi connectivity index (χ1n) is 8.96. The summed E-state index contributed by atoms with van der Waals surface area (Å²) in [6.45, 7) is 1.30. The number of anilines is 1. The molecule has 2 aromatic rings. The van der Waals surface area contributed by atoms with Crippen molar-refractivity contribution in [3.63, 3.8) is 0 Å². The van der Waals surface area contributed by atoms with Gasteiger partial charge in [0.1, 0.15) is 12.4 Å². The van der Waals surface area contributed by atoms with Crippen molar-refractivity contribution in [3.05, 3.63) is 48.2 Å². The fourth-order valence-electron chi connectivity index (χ4n) is 2.61. The molecule has 1 unspecified atom stereocenters. The molecule has 0 aliphatic heterocycles. The minimum Gasteiger partial charge on any atom is -0.497 e. The van der Waals surface area contributed by atoms with E-state index >= 15 is 0 Å². The molecular weight excluding hydrogens is 360 g/mol. The van der Waals surface area contributed by atoms with Crippen LogP contribution < -0.4 is 20.1 Å². The molecule has 0 aliphatic rings. The van der Waals surface area contributed by atoms with Gasteiger partial charge in [-0.15, -0.1) is 0 Å². The van der Waals surface area contributed by atoms with E-state index < -0.39 is 0 Å². The SMILES string of the molecule is COCCOc1cc(NC(=O)NCC(c2cccc(OC)c2)N(C)C)ccn1. The van der Waals surface area contributed by atoms with Crippen molar-refractivity contribution in [2.24, 2.45) is 0 Å². The molecule has 2 rings (SSSR count). The van der Waals surface area contributed by atoms with Gasteiger partial charge in [0.05, 0.1) is 19.8 Å². The number of likely N-dealkylation sites (N-methyl/N-ethyl adjacent to an activating group) is 1. The predicted octanol–water partition coefficient (Wildman–Crippen LogP) is 2.54. The Morgan fingerprint density at radius 3 is 2.71 bits per heavy atom. The van der Waals surface area contributed by atoms with Crippen LogP contribution in [0.1, 0.15) is 11.6 Å².